The van der Waals surface area contributed by atoms with E-state index >= 15 is 0 Å². The van der Waals surface area contributed by atoms with Crippen molar-refractivity contribution in [3.8, 4) is 0 Å². The predicted molar refractivity (Wildman–Crippen MR) is 86.9 cm³/mol. The van der Waals surface area contributed by atoms with Crippen LogP contribution in [0.25, 0.3) is 0 Å². The molecule has 1 saturated heterocycles. The molecule has 0 atom stereocenters. The molecular formula is C16H28N4O. The second-order valence-electron chi connectivity index (χ2n) is 6.27. The first kappa shape index (κ1) is 16.0. The third kappa shape index (κ3) is 5.16. The van der Waals surface area contributed by atoms with Crippen LogP contribution in [0.2, 0.25) is 0 Å². The fraction of sp³-hybridized carbons (Fsp3) is 0.750. The van der Waals surface area contributed by atoms with E-state index in [4.69, 9.17) is 0 Å². The zero-order chi connectivity index (χ0) is 15.1. The molecule has 2 heterocycles. The zero-order valence-electron chi connectivity index (χ0n) is 13.3. The Morgan fingerprint density at radius 1 is 1.29 bits per heavy atom. The normalized spacial score (nSPS) is 15.1. The molecule has 118 valence electrons. The molecule has 5 nitrogen and oxygen atoms in total. The zero-order valence-corrected chi connectivity index (χ0v) is 13.3. The molecular weight excluding hydrogens is 264 g/mol. The summed E-state index contributed by atoms with van der Waals surface area (Å²) in [6.45, 7) is 9.29. The molecule has 21 heavy (non-hydrogen) atoms. The maximum atomic E-state index is 12.1. The number of unbranched alkanes of at least 4 members (excludes halogenated alkanes) is 1. The molecule has 0 aliphatic carbocycles. The van der Waals surface area contributed by atoms with Crippen LogP contribution in [-0.2, 0) is 6.54 Å². The number of anilines is 1. The van der Waals surface area contributed by atoms with E-state index < -0.39 is 0 Å². The van der Waals surface area contributed by atoms with Gasteiger partial charge in [0.05, 0.1) is 11.9 Å². The van der Waals surface area contributed by atoms with Gasteiger partial charge in [0, 0.05) is 25.7 Å². The van der Waals surface area contributed by atoms with Gasteiger partial charge in [-0.3, -0.25) is 4.79 Å². The van der Waals surface area contributed by atoms with E-state index in [1.54, 1.807) is 10.7 Å². The van der Waals surface area contributed by atoms with Crippen LogP contribution < -0.4 is 15.8 Å². The molecule has 0 unspecified atom stereocenters. The van der Waals surface area contributed by atoms with E-state index in [1.807, 2.05) is 6.20 Å². The fourth-order valence-corrected chi connectivity index (χ4v) is 2.64. The van der Waals surface area contributed by atoms with Gasteiger partial charge in [0.15, 0.2) is 0 Å². The summed E-state index contributed by atoms with van der Waals surface area (Å²) in [6, 6.07) is 1.73. The summed E-state index contributed by atoms with van der Waals surface area (Å²) < 4.78 is 1.59. The van der Waals surface area contributed by atoms with Crippen molar-refractivity contribution < 1.29 is 0 Å². The number of rotatable bonds is 8. The first-order valence-corrected chi connectivity index (χ1v) is 8.19. The van der Waals surface area contributed by atoms with Crippen molar-refractivity contribution in [1.82, 2.24) is 15.1 Å². The molecule has 1 aliphatic rings. The van der Waals surface area contributed by atoms with Gasteiger partial charge in [0.25, 0.3) is 5.56 Å². The molecule has 5 heteroatoms. The van der Waals surface area contributed by atoms with Gasteiger partial charge in [-0.25, -0.2) is 4.68 Å². The second-order valence-corrected chi connectivity index (χ2v) is 6.27. The molecule has 1 aromatic rings. The van der Waals surface area contributed by atoms with Gasteiger partial charge in [-0.1, -0.05) is 13.8 Å². The maximum Gasteiger partial charge on any atom is 0.268 e. The number of aromatic nitrogens is 2. The lowest BCUT2D eigenvalue weighted by molar-refractivity contribution is 0.495. The largest absolute Gasteiger partial charge is 0.370 e. The van der Waals surface area contributed by atoms with Crippen LogP contribution >= 0.6 is 0 Å². The molecule has 1 N–H and O–H groups in total. The summed E-state index contributed by atoms with van der Waals surface area (Å²) in [5.74, 6) is 0.687. The van der Waals surface area contributed by atoms with Gasteiger partial charge in [-0.15, -0.1) is 0 Å². The Bertz CT molecular complexity index is 477. The van der Waals surface area contributed by atoms with Crippen molar-refractivity contribution in [2.75, 3.05) is 31.1 Å². The molecule has 0 spiro atoms. The van der Waals surface area contributed by atoms with E-state index in [0.29, 0.717) is 12.5 Å². The number of aryl methyl sites for hydroxylation is 1. The number of nitrogens with one attached hydrogen (secondary N) is 1. The van der Waals surface area contributed by atoms with Crippen molar-refractivity contribution in [2.45, 2.75) is 46.1 Å². The highest BCUT2D eigenvalue weighted by atomic mass is 16.1. The van der Waals surface area contributed by atoms with E-state index in [1.165, 1.54) is 12.8 Å². The van der Waals surface area contributed by atoms with E-state index in [2.05, 4.69) is 29.2 Å². The minimum atomic E-state index is 0.0227. The number of hydrogen-bond acceptors (Lipinski definition) is 4. The Balaban J connectivity index is 1.75. The Morgan fingerprint density at radius 2 is 2.05 bits per heavy atom. The van der Waals surface area contributed by atoms with Crippen LogP contribution in [0.15, 0.2) is 17.1 Å². The molecule has 2 rings (SSSR count). The lowest BCUT2D eigenvalue weighted by Crippen LogP contribution is -2.26. The predicted octanol–water partition coefficient (Wildman–Crippen LogP) is 1.87. The van der Waals surface area contributed by atoms with Crippen molar-refractivity contribution in [3.63, 3.8) is 0 Å². The van der Waals surface area contributed by atoms with Crippen molar-refractivity contribution in [3.05, 3.63) is 22.6 Å². The Labute approximate surface area is 127 Å². The first-order valence-electron chi connectivity index (χ1n) is 8.19. The van der Waals surface area contributed by atoms with Crippen LogP contribution in [0.4, 0.5) is 5.69 Å². The van der Waals surface area contributed by atoms with E-state index in [9.17, 15) is 4.79 Å². The SMILES string of the molecule is CC(C)CNCCCCn1ncc(N2CCCC2)cc1=O. The lowest BCUT2D eigenvalue weighted by Gasteiger charge is -2.17. The van der Waals surface area contributed by atoms with Crippen LogP contribution in [0.5, 0.6) is 0 Å². The smallest absolute Gasteiger partial charge is 0.268 e. The van der Waals surface area contributed by atoms with Gasteiger partial charge in [0.1, 0.15) is 0 Å². The third-order valence-corrected chi connectivity index (χ3v) is 3.85. The van der Waals surface area contributed by atoms with Gasteiger partial charge in [-0.05, 0) is 44.7 Å². The van der Waals surface area contributed by atoms with Gasteiger partial charge >= 0.3 is 0 Å². The lowest BCUT2D eigenvalue weighted by atomic mass is 10.2. The van der Waals surface area contributed by atoms with E-state index in [0.717, 1.165) is 44.7 Å². The first-order chi connectivity index (χ1) is 10.2. The van der Waals surface area contributed by atoms with Crippen molar-refractivity contribution >= 4 is 5.69 Å². The van der Waals surface area contributed by atoms with Crippen molar-refractivity contribution in [2.24, 2.45) is 5.92 Å². The van der Waals surface area contributed by atoms with Crippen LogP contribution in [-0.4, -0.2) is 36.0 Å². The summed E-state index contributed by atoms with van der Waals surface area (Å²) in [5, 5.41) is 7.73. The Morgan fingerprint density at radius 3 is 2.71 bits per heavy atom. The molecule has 1 aliphatic heterocycles. The van der Waals surface area contributed by atoms with E-state index in [-0.39, 0.29) is 5.56 Å². The quantitative estimate of drug-likeness (QED) is 0.743. The highest BCUT2D eigenvalue weighted by molar-refractivity contribution is 5.43. The Hall–Kier alpha value is -1.36. The topological polar surface area (TPSA) is 50.2 Å². The summed E-state index contributed by atoms with van der Waals surface area (Å²) in [5.41, 5.74) is 1.00. The highest BCUT2D eigenvalue weighted by Crippen LogP contribution is 2.16. The molecule has 1 fully saturated rings. The third-order valence-electron chi connectivity index (χ3n) is 3.85. The second kappa shape index (κ2) is 8.17. The molecule has 0 bridgehead atoms. The van der Waals surface area contributed by atoms with Crippen LogP contribution in [0, 0.1) is 5.92 Å². The molecule has 0 radical (unpaired) electrons. The number of hydrogen-bond donors (Lipinski definition) is 1. The summed E-state index contributed by atoms with van der Waals surface area (Å²) >= 11 is 0. The monoisotopic (exact) mass is 292 g/mol. The molecule has 0 amide bonds. The average Bonchev–Trinajstić information content (AvgIpc) is 2.97. The Kier molecular flexibility index (Phi) is 6.23. The van der Waals surface area contributed by atoms with Crippen molar-refractivity contribution in [1.29, 1.82) is 0 Å². The molecule has 1 aromatic heterocycles. The molecule has 0 aromatic carbocycles. The van der Waals surface area contributed by atoms with Gasteiger partial charge < -0.3 is 10.2 Å². The minimum Gasteiger partial charge on any atom is -0.370 e. The van der Waals surface area contributed by atoms with Crippen LogP contribution in [0.3, 0.4) is 0 Å². The molecule has 0 saturated carbocycles. The minimum absolute atomic E-state index is 0.0227. The summed E-state index contributed by atoms with van der Waals surface area (Å²) in [6.07, 6.45) is 6.33. The maximum absolute atomic E-state index is 12.1. The van der Waals surface area contributed by atoms with Gasteiger partial charge in [0.2, 0.25) is 0 Å². The number of nitrogens with zero attached hydrogens (tertiary/aromatic N) is 3. The standard InChI is InChI=1S/C16H28N4O/c1-14(2)12-17-7-3-4-10-20-16(21)11-15(13-18-20)19-8-5-6-9-19/h11,13-14,17H,3-10,12H2,1-2H3. The fourth-order valence-electron chi connectivity index (χ4n) is 2.64. The highest BCUT2D eigenvalue weighted by Gasteiger charge is 2.13. The summed E-state index contributed by atoms with van der Waals surface area (Å²) in [7, 11) is 0. The average molecular weight is 292 g/mol. The van der Waals surface area contributed by atoms with Crippen LogP contribution in [0.1, 0.15) is 39.5 Å². The summed E-state index contributed by atoms with van der Waals surface area (Å²) in [4.78, 5) is 14.3. The van der Waals surface area contributed by atoms with Gasteiger partial charge in [-0.2, -0.15) is 5.10 Å².